The molecule has 0 saturated carbocycles. The fraction of sp³-hybridized carbons (Fsp3) is 0.133. The maximum absolute atomic E-state index is 5.55. The van der Waals surface area contributed by atoms with E-state index in [1.54, 1.807) is 14.2 Å². The first kappa shape index (κ1) is 23.3. The zero-order chi connectivity index (χ0) is 25.6. The molecule has 184 valence electrons. The van der Waals surface area contributed by atoms with Crippen LogP contribution in [0.2, 0.25) is 0 Å². The summed E-state index contributed by atoms with van der Waals surface area (Å²) >= 11 is 0. The van der Waals surface area contributed by atoms with Crippen LogP contribution in [0.3, 0.4) is 0 Å². The van der Waals surface area contributed by atoms with Gasteiger partial charge in [-0.15, -0.1) is 0 Å². The predicted molar refractivity (Wildman–Crippen MR) is 153 cm³/mol. The monoisotopic (exact) mass is 507 g/mol. The van der Waals surface area contributed by atoms with E-state index in [0.717, 1.165) is 33.3 Å². The van der Waals surface area contributed by atoms with Crippen LogP contribution in [0.1, 0.15) is 0 Å². The van der Waals surface area contributed by atoms with Gasteiger partial charge >= 0.3 is 0 Å². The average molecular weight is 508 g/mol. The molecule has 6 nitrogen and oxygen atoms in total. The van der Waals surface area contributed by atoms with Crippen molar-refractivity contribution in [1.82, 2.24) is 19.6 Å². The number of ether oxygens (including phenoxy) is 2. The summed E-state index contributed by atoms with van der Waals surface area (Å²) in [6, 6.07) is 30.0. The second-order valence-corrected chi connectivity index (χ2v) is 12.4. The van der Waals surface area contributed by atoms with E-state index in [-0.39, 0.29) is 0 Å². The van der Waals surface area contributed by atoms with Crippen LogP contribution in [0.15, 0.2) is 97.3 Å². The molecule has 2 aromatic heterocycles. The summed E-state index contributed by atoms with van der Waals surface area (Å²) in [6.07, 6.45) is 4.27. The van der Waals surface area contributed by atoms with Crippen molar-refractivity contribution in [3.8, 4) is 11.5 Å². The Balaban J connectivity index is 1.82. The SMILES string of the molecule is COc1ccc([P+](c2ccc(OC)cc2)(c2cccc3nn(C)cc23)c2cccc3nn(C)cc23)cc1. The second-order valence-electron chi connectivity index (χ2n) is 9.09. The van der Waals surface area contributed by atoms with Crippen molar-refractivity contribution in [3.63, 3.8) is 0 Å². The zero-order valence-corrected chi connectivity index (χ0v) is 22.2. The van der Waals surface area contributed by atoms with E-state index in [9.17, 15) is 0 Å². The van der Waals surface area contributed by atoms with E-state index >= 15 is 0 Å². The number of aromatic nitrogens is 4. The molecule has 0 fully saturated rings. The molecule has 0 aliphatic rings. The largest absolute Gasteiger partial charge is 0.497 e. The van der Waals surface area contributed by atoms with Gasteiger partial charge in [0.05, 0.1) is 36.0 Å². The van der Waals surface area contributed by atoms with E-state index in [1.807, 2.05) is 23.5 Å². The lowest BCUT2D eigenvalue weighted by molar-refractivity contribution is 0.415. The van der Waals surface area contributed by atoms with E-state index in [1.165, 1.54) is 21.2 Å². The number of methoxy groups -OCH3 is 2. The Kier molecular flexibility index (Phi) is 5.69. The van der Waals surface area contributed by atoms with E-state index in [0.29, 0.717) is 0 Å². The molecule has 6 aromatic rings. The van der Waals surface area contributed by atoms with Crippen LogP contribution in [0.5, 0.6) is 11.5 Å². The topological polar surface area (TPSA) is 54.1 Å². The summed E-state index contributed by atoms with van der Waals surface area (Å²) in [5, 5.41) is 16.8. The molecule has 0 aliphatic heterocycles. The molecule has 0 amide bonds. The van der Waals surface area contributed by atoms with Gasteiger partial charge in [-0.2, -0.15) is 10.2 Å². The molecule has 0 bridgehead atoms. The van der Waals surface area contributed by atoms with Gasteiger partial charge in [0.15, 0.2) is 0 Å². The Morgan fingerprint density at radius 1 is 0.568 bits per heavy atom. The quantitative estimate of drug-likeness (QED) is 0.319. The maximum Gasteiger partial charge on any atom is 0.145 e. The van der Waals surface area contributed by atoms with Crippen molar-refractivity contribution in [1.29, 1.82) is 0 Å². The summed E-state index contributed by atoms with van der Waals surface area (Å²) < 4.78 is 14.9. The highest BCUT2D eigenvalue weighted by Crippen LogP contribution is 2.57. The van der Waals surface area contributed by atoms with Crippen LogP contribution in [0.4, 0.5) is 0 Å². The lowest BCUT2D eigenvalue weighted by atomic mass is 10.2. The standard InChI is InChI=1S/C30H28N4O2P/c1-33-19-25-27(31-33)7-5-9-29(25)37(23-15-11-21(35-3)12-16-23,24-17-13-22(36-4)14-18-24)30-10-6-8-28-26(30)20-34(2)32-28/h5-20H,1-4H3/q+1. The highest BCUT2D eigenvalue weighted by atomic mass is 31.2. The number of fused-ring (bicyclic) bond motifs is 2. The van der Waals surface area contributed by atoms with Gasteiger partial charge in [-0.25, -0.2) is 0 Å². The van der Waals surface area contributed by atoms with Crippen molar-refractivity contribution in [3.05, 3.63) is 97.3 Å². The minimum Gasteiger partial charge on any atom is -0.497 e. The van der Waals surface area contributed by atoms with Gasteiger partial charge < -0.3 is 9.47 Å². The highest BCUT2D eigenvalue weighted by Gasteiger charge is 2.50. The van der Waals surface area contributed by atoms with Crippen LogP contribution >= 0.6 is 7.26 Å². The minimum absolute atomic E-state index is 0.829. The number of hydrogen-bond donors (Lipinski definition) is 0. The zero-order valence-electron chi connectivity index (χ0n) is 21.3. The normalized spacial score (nSPS) is 11.8. The van der Waals surface area contributed by atoms with Gasteiger partial charge in [-0.05, 0) is 72.8 Å². The Hall–Kier alpha value is -4.15. The molecule has 0 spiro atoms. The number of benzene rings is 4. The maximum atomic E-state index is 5.55. The highest BCUT2D eigenvalue weighted by molar-refractivity contribution is 8.02. The lowest BCUT2D eigenvalue weighted by Gasteiger charge is -2.28. The third-order valence-corrected chi connectivity index (χ3v) is 11.3. The summed E-state index contributed by atoms with van der Waals surface area (Å²) in [5.74, 6) is 1.66. The summed E-state index contributed by atoms with van der Waals surface area (Å²) in [7, 11) is 4.91. The van der Waals surface area contributed by atoms with Crippen molar-refractivity contribution >= 4 is 50.3 Å². The Morgan fingerprint density at radius 3 is 1.35 bits per heavy atom. The third kappa shape index (κ3) is 3.68. The first-order chi connectivity index (χ1) is 18.0. The van der Waals surface area contributed by atoms with Crippen molar-refractivity contribution in [2.24, 2.45) is 14.1 Å². The lowest BCUT2D eigenvalue weighted by Crippen LogP contribution is -2.39. The van der Waals surface area contributed by atoms with Crippen molar-refractivity contribution in [2.75, 3.05) is 14.2 Å². The van der Waals surface area contributed by atoms with Crippen molar-refractivity contribution < 1.29 is 9.47 Å². The van der Waals surface area contributed by atoms with Crippen LogP contribution in [0.25, 0.3) is 21.8 Å². The molecule has 0 atom stereocenters. The number of nitrogens with zero attached hydrogens (tertiary/aromatic N) is 4. The van der Waals surface area contributed by atoms with Crippen LogP contribution in [0, 0.1) is 0 Å². The molecule has 0 radical (unpaired) electrons. The molecule has 0 unspecified atom stereocenters. The van der Waals surface area contributed by atoms with Crippen LogP contribution in [-0.2, 0) is 14.1 Å². The Morgan fingerprint density at radius 2 is 0.973 bits per heavy atom. The van der Waals surface area contributed by atoms with Gasteiger partial charge in [0, 0.05) is 26.5 Å². The van der Waals surface area contributed by atoms with Crippen molar-refractivity contribution in [2.45, 2.75) is 0 Å². The number of hydrogen-bond acceptors (Lipinski definition) is 4. The molecular formula is C30H28N4O2P+. The molecule has 2 heterocycles. The average Bonchev–Trinajstić information content (AvgIpc) is 3.51. The molecule has 0 saturated heterocycles. The molecular weight excluding hydrogens is 479 g/mol. The first-order valence-electron chi connectivity index (χ1n) is 12.1. The fourth-order valence-electron chi connectivity index (χ4n) is 5.32. The number of rotatable bonds is 6. The molecule has 6 rings (SSSR count). The summed E-state index contributed by atoms with van der Waals surface area (Å²) in [4.78, 5) is 0. The Bertz CT molecular complexity index is 1590. The van der Waals surface area contributed by atoms with Gasteiger partial charge in [0.2, 0.25) is 0 Å². The minimum atomic E-state index is -2.45. The van der Waals surface area contributed by atoms with E-state index in [4.69, 9.17) is 19.7 Å². The predicted octanol–water partition coefficient (Wildman–Crippen LogP) is 4.10. The van der Waals surface area contributed by atoms with Gasteiger partial charge in [0.25, 0.3) is 0 Å². The Labute approximate surface area is 216 Å². The molecule has 0 N–H and O–H groups in total. The molecule has 37 heavy (non-hydrogen) atoms. The van der Waals surface area contributed by atoms with E-state index < -0.39 is 7.26 Å². The summed E-state index contributed by atoms with van der Waals surface area (Å²) in [5.41, 5.74) is 1.95. The fourth-order valence-corrected chi connectivity index (χ4v) is 9.87. The first-order valence-corrected chi connectivity index (χ1v) is 13.9. The van der Waals surface area contributed by atoms with Gasteiger partial charge in [0.1, 0.15) is 40.0 Å². The number of aryl methyl sites for hydroxylation is 2. The molecule has 4 aromatic carbocycles. The van der Waals surface area contributed by atoms with E-state index in [2.05, 4.69) is 97.3 Å². The van der Waals surface area contributed by atoms with Gasteiger partial charge in [-0.3, -0.25) is 9.36 Å². The smallest absolute Gasteiger partial charge is 0.145 e. The third-order valence-electron chi connectivity index (χ3n) is 6.93. The van der Waals surface area contributed by atoms with Crippen LogP contribution in [-0.4, -0.2) is 33.8 Å². The van der Waals surface area contributed by atoms with Crippen LogP contribution < -0.4 is 30.7 Å². The second kappa shape index (κ2) is 9.06. The molecule has 0 aliphatic carbocycles. The molecule has 7 heteroatoms. The summed E-state index contributed by atoms with van der Waals surface area (Å²) in [6.45, 7) is 0. The van der Waals surface area contributed by atoms with Gasteiger partial charge in [-0.1, -0.05) is 12.1 Å².